The maximum absolute atomic E-state index is 4.83. The van der Waals surface area contributed by atoms with Crippen molar-refractivity contribution < 1.29 is 0 Å². The van der Waals surface area contributed by atoms with Crippen molar-refractivity contribution in [3.8, 4) is 0 Å². The highest BCUT2D eigenvalue weighted by atomic mass is 15.0. The van der Waals surface area contributed by atoms with Crippen molar-refractivity contribution in [3.05, 3.63) is 48.7 Å². The molecule has 0 spiro atoms. The minimum atomic E-state index is 0.958. The Kier molecular flexibility index (Phi) is 2.46. The van der Waals surface area contributed by atoms with E-state index in [9.17, 15) is 0 Å². The van der Waals surface area contributed by atoms with Crippen LogP contribution in [0.5, 0.6) is 0 Å². The number of aromatic nitrogens is 3. The molecule has 0 aliphatic heterocycles. The molecule has 0 aliphatic rings. The number of para-hydroxylation sites is 1. The van der Waals surface area contributed by atoms with E-state index in [1.165, 1.54) is 16.3 Å². The van der Waals surface area contributed by atoms with Gasteiger partial charge < -0.3 is 4.57 Å². The quantitative estimate of drug-likeness (QED) is 0.542. The number of aryl methyl sites for hydroxylation is 1. The Bertz CT molecular complexity index is 921. The third-order valence-corrected chi connectivity index (χ3v) is 3.75. The number of benzene rings is 1. The molecule has 0 atom stereocenters. The second kappa shape index (κ2) is 4.30. The second-order valence-electron chi connectivity index (χ2n) is 5.07. The highest BCUT2D eigenvalue weighted by molar-refractivity contribution is 6.09. The zero-order valence-electron chi connectivity index (χ0n) is 11.4. The molecule has 0 aliphatic carbocycles. The van der Waals surface area contributed by atoms with Crippen LogP contribution in [-0.2, 0) is 6.54 Å². The number of pyridine rings is 2. The van der Waals surface area contributed by atoms with E-state index in [4.69, 9.17) is 4.98 Å². The molecule has 4 aromatic rings. The topological polar surface area (TPSA) is 30.7 Å². The summed E-state index contributed by atoms with van der Waals surface area (Å²) >= 11 is 0. The van der Waals surface area contributed by atoms with Crippen molar-refractivity contribution in [3.63, 3.8) is 0 Å². The molecule has 0 N–H and O–H groups in total. The van der Waals surface area contributed by atoms with Crippen molar-refractivity contribution in [1.29, 1.82) is 0 Å². The van der Waals surface area contributed by atoms with Crippen LogP contribution in [0.15, 0.2) is 48.7 Å². The van der Waals surface area contributed by atoms with Gasteiger partial charge >= 0.3 is 0 Å². The molecule has 3 aromatic heterocycles. The van der Waals surface area contributed by atoms with Gasteiger partial charge in [0, 0.05) is 23.5 Å². The Morgan fingerprint density at radius 2 is 1.90 bits per heavy atom. The lowest BCUT2D eigenvalue weighted by atomic mass is 10.2. The summed E-state index contributed by atoms with van der Waals surface area (Å²) in [5, 5.41) is 2.45. The van der Waals surface area contributed by atoms with E-state index in [1.54, 1.807) is 0 Å². The summed E-state index contributed by atoms with van der Waals surface area (Å²) in [5.74, 6) is 0. The zero-order valence-corrected chi connectivity index (χ0v) is 11.4. The summed E-state index contributed by atoms with van der Waals surface area (Å²) < 4.78 is 2.32. The molecule has 0 unspecified atom stereocenters. The van der Waals surface area contributed by atoms with E-state index in [1.807, 2.05) is 18.3 Å². The second-order valence-corrected chi connectivity index (χ2v) is 5.07. The fourth-order valence-corrected chi connectivity index (χ4v) is 2.90. The van der Waals surface area contributed by atoms with E-state index < -0.39 is 0 Å². The van der Waals surface area contributed by atoms with Crippen LogP contribution in [0.25, 0.3) is 33.0 Å². The molecule has 3 heterocycles. The lowest BCUT2D eigenvalue weighted by Crippen LogP contribution is -1.97. The molecule has 0 fully saturated rings. The third-order valence-electron chi connectivity index (χ3n) is 3.75. The number of nitrogens with zero attached hydrogens (tertiary/aromatic N) is 3. The number of rotatable bonds is 2. The summed E-state index contributed by atoms with van der Waals surface area (Å²) in [6, 6.07) is 14.6. The lowest BCUT2D eigenvalue weighted by molar-refractivity contribution is 0.718. The Balaban J connectivity index is 2.22. The Labute approximate surface area is 116 Å². The van der Waals surface area contributed by atoms with Crippen LogP contribution in [-0.4, -0.2) is 14.5 Å². The Hall–Kier alpha value is -2.42. The van der Waals surface area contributed by atoms with Crippen LogP contribution >= 0.6 is 0 Å². The largest absolute Gasteiger partial charge is 0.325 e. The number of fused-ring (bicyclic) bond motifs is 4. The molecule has 1 aromatic carbocycles. The van der Waals surface area contributed by atoms with E-state index in [2.05, 4.69) is 46.8 Å². The molecule has 98 valence electrons. The highest BCUT2D eigenvalue weighted by Gasteiger charge is 2.12. The molecule has 0 saturated heterocycles. The minimum absolute atomic E-state index is 0.958. The van der Waals surface area contributed by atoms with Gasteiger partial charge in [0.05, 0.1) is 16.6 Å². The predicted molar refractivity (Wildman–Crippen MR) is 82.8 cm³/mol. The molecule has 20 heavy (non-hydrogen) atoms. The van der Waals surface area contributed by atoms with Gasteiger partial charge in [-0.25, -0.2) is 4.98 Å². The maximum Gasteiger partial charge on any atom is 0.141 e. The normalized spacial score (nSPS) is 11.7. The van der Waals surface area contributed by atoms with Crippen LogP contribution in [0.1, 0.15) is 13.3 Å². The average molecular weight is 261 g/mol. The zero-order chi connectivity index (χ0) is 13.5. The molecular formula is C17H15N3. The minimum Gasteiger partial charge on any atom is -0.325 e. The number of hydrogen-bond donors (Lipinski definition) is 0. The van der Waals surface area contributed by atoms with Gasteiger partial charge in [-0.1, -0.05) is 25.1 Å². The monoisotopic (exact) mass is 261 g/mol. The summed E-state index contributed by atoms with van der Waals surface area (Å²) in [6.45, 7) is 3.19. The molecule has 0 saturated carbocycles. The van der Waals surface area contributed by atoms with E-state index >= 15 is 0 Å². The van der Waals surface area contributed by atoms with Crippen molar-refractivity contribution in [2.45, 2.75) is 19.9 Å². The van der Waals surface area contributed by atoms with Crippen molar-refractivity contribution in [2.75, 3.05) is 0 Å². The molecule has 0 bridgehead atoms. The highest BCUT2D eigenvalue weighted by Crippen LogP contribution is 2.29. The summed E-state index contributed by atoms with van der Waals surface area (Å²) in [7, 11) is 0. The van der Waals surface area contributed by atoms with Crippen LogP contribution in [0.3, 0.4) is 0 Å². The predicted octanol–water partition coefficient (Wildman–Crippen LogP) is 4.15. The molecule has 3 nitrogen and oxygen atoms in total. The van der Waals surface area contributed by atoms with Gasteiger partial charge in [-0.15, -0.1) is 0 Å². The standard InChI is InChI=1S/C17H15N3/c1-2-10-20-16-8-4-3-6-12(16)13-11-15-14(19-17(13)20)7-5-9-18-15/h3-9,11H,2,10H2,1H3. The maximum atomic E-state index is 4.83. The van der Waals surface area contributed by atoms with Gasteiger partial charge in [0.25, 0.3) is 0 Å². The van der Waals surface area contributed by atoms with Gasteiger partial charge in [-0.3, -0.25) is 4.98 Å². The van der Waals surface area contributed by atoms with Crippen LogP contribution in [0.2, 0.25) is 0 Å². The van der Waals surface area contributed by atoms with Gasteiger partial charge in [0.15, 0.2) is 0 Å². The van der Waals surface area contributed by atoms with Crippen molar-refractivity contribution in [1.82, 2.24) is 14.5 Å². The molecule has 4 rings (SSSR count). The fraction of sp³-hybridized carbons (Fsp3) is 0.176. The SMILES string of the molecule is CCCn1c2ccccc2c2cc3ncccc3nc21. The average Bonchev–Trinajstić information content (AvgIpc) is 2.80. The fourth-order valence-electron chi connectivity index (χ4n) is 2.90. The first-order chi connectivity index (χ1) is 9.88. The van der Waals surface area contributed by atoms with E-state index in [-0.39, 0.29) is 0 Å². The van der Waals surface area contributed by atoms with E-state index in [0.29, 0.717) is 0 Å². The lowest BCUT2D eigenvalue weighted by Gasteiger charge is -2.04. The molecule has 0 amide bonds. The smallest absolute Gasteiger partial charge is 0.141 e. The van der Waals surface area contributed by atoms with Crippen molar-refractivity contribution >= 4 is 33.0 Å². The third kappa shape index (κ3) is 1.53. The van der Waals surface area contributed by atoms with Crippen LogP contribution in [0.4, 0.5) is 0 Å². The summed E-state index contributed by atoms with van der Waals surface area (Å²) in [6.07, 6.45) is 2.92. The van der Waals surface area contributed by atoms with Gasteiger partial charge in [0.2, 0.25) is 0 Å². The molecular weight excluding hydrogens is 246 g/mol. The Morgan fingerprint density at radius 1 is 1.00 bits per heavy atom. The first kappa shape index (κ1) is 11.4. The first-order valence-electron chi connectivity index (χ1n) is 7.01. The number of hydrogen-bond acceptors (Lipinski definition) is 2. The van der Waals surface area contributed by atoms with Crippen LogP contribution < -0.4 is 0 Å². The van der Waals surface area contributed by atoms with E-state index in [0.717, 1.165) is 29.6 Å². The van der Waals surface area contributed by atoms with Crippen LogP contribution in [0, 0.1) is 0 Å². The van der Waals surface area contributed by atoms with Gasteiger partial charge in [-0.2, -0.15) is 0 Å². The first-order valence-corrected chi connectivity index (χ1v) is 7.01. The van der Waals surface area contributed by atoms with Gasteiger partial charge in [-0.05, 0) is 30.7 Å². The summed E-state index contributed by atoms with van der Waals surface area (Å²) in [4.78, 5) is 9.26. The van der Waals surface area contributed by atoms with Gasteiger partial charge in [0.1, 0.15) is 5.65 Å². The van der Waals surface area contributed by atoms with Crippen molar-refractivity contribution in [2.24, 2.45) is 0 Å². The Morgan fingerprint density at radius 3 is 2.80 bits per heavy atom. The molecule has 3 heteroatoms. The summed E-state index contributed by atoms with van der Waals surface area (Å²) in [5.41, 5.74) is 4.24. The molecule has 0 radical (unpaired) electrons.